The van der Waals surface area contributed by atoms with Gasteiger partial charge >= 0.3 is 0 Å². The molecule has 6 nitrogen and oxygen atoms in total. The van der Waals surface area contributed by atoms with Crippen LogP contribution in [0.15, 0.2) is 48.5 Å². The Hall–Kier alpha value is -2.86. The van der Waals surface area contributed by atoms with Crippen LogP contribution in [0.1, 0.15) is 31.5 Å². The highest BCUT2D eigenvalue weighted by atomic mass is 16.5. The Kier molecular flexibility index (Phi) is 6.04. The Morgan fingerprint density at radius 3 is 2.63 bits per heavy atom. The van der Waals surface area contributed by atoms with Gasteiger partial charge in [0.15, 0.2) is 0 Å². The topological polar surface area (TPSA) is 50.6 Å². The number of imidazole rings is 1. The van der Waals surface area contributed by atoms with E-state index in [-0.39, 0.29) is 11.8 Å². The molecule has 2 heterocycles. The zero-order valence-corrected chi connectivity index (χ0v) is 18.0. The van der Waals surface area contributed by atoms with E-state index in [2.05, 4.69) is 41.8 Å². The van der Waals surface area contributed by atoms with Crippen molar-refractivity contribution < 1.29 is 9.53 Å². The highest BCUT2D eigenvalue weighted by Crippen LogP contribution is 2.34. The predicted octanol–water partition coefficient (Wildman–Crippen LogP) is 3.91. The van der Waals surface area contributed by atoms with Crippen molar-refractivity contribution in [1.29, 1.82) is 0 Å². The van der Waals surface area contributed by atoms with Crippen LogP contribution in [-0.2, 0) is 11.3 Å². The molecule has 2 aromatic carbocycles. The van der Waals surface area contributed by atoms with E-state index in [1.165, 1.54) is 0 Å². The molecule has 1 aliphatic rings. The maximum atomic E-state index is 12.8. The van der Waals surface area contributed by atoms with Gasteiger partial charge in [-0.15, -0.1) is 0 Å². The largest absolute Gasteiger partial charge is 0.494 e. The summed E-state index contributed by atoms with van der Waals surface area (Å²) in [6.07, 6.45) is 1.54. The van der Waals surface area contributed by atoms with E-state index in [0.29, 0.717) is 19.6 Å². The first kappa shape index (κ1) is 20.4. The van der Waals surface area contributed by atoms with E-state index in [1.54, 1.807) is 0 Å². The van der Waals surface area contributed by atoms with Crippen LogP contribution in [0.25, 0.3) is 11.0 Å². The third kappa shape index (κ3) is 4.19. The van der Waals surface area contributed by atoms with E-state index >= 15 is 0 Å². The lowest BCUT2D eigenvalue weighted by molar-refractivity contribution is -0.117. The Bertz CT molecular complexity index is 1010. The Morgan fingerprint density at radius 1 is 1.13 bits per heavy atom. The van der Waals surface area contributed by atoms with Crippen LogP contribution < -0.4 is 9.64 Å². The summed E-state index contributed by atoms with van der Waals surface area (Å²) in [6, 6.07) is 16.0. The number of carbonyl (C=O) groups excluding carboxylic acids is 1. The third-order valence-corrected chi connectivity index (χ3v) is 5.62. The molecule has 6 heteroatoms. The Balaban J connectivity index is 1.58. The molecule has 1 atom stereocenters. The van der Waals surface area contributed by atoms with Crippen molar-refractivity contribution in [3.8, 4) is 5.75 Å². The van der Waals surface area contributed by atoms with Crippen molar-refractivity contribution in [3.05, 3.63) is 54.4 Å². The number of ether oxygens (including phenoxy) is 1. The molecular formula is C24H30N4O2. The molecule has 0 N–H and O–H groups in total. The summed E-state index contributed by atoms with van der Waals surface area (Å²) >= 11 is 0. The highest BCUT2D eigenvalue weighted by molar-refractivity contribution is 5.96. The second-order valence-electron chi connectivity index (χ2n) is 8.10. The smallest absolute Gasteiger partial charge is 0.227 e. The maximum Gasteiger partial charge on any atom is 0.227 e. The minimum absolute atomic E-state index is 0.0934. The summed E-state index contributed by atoms with van der Waals surface area (Å²) in [6.45, 7) is 5.18. The minimum Gasteiger partial charge on any atom is -0.494 e. The molecule has 30 heavy (non-hydrogen) atoms. The average Bonchev–Trinajstić information content (AvgIpc) is 3.29. The summed E-state index contributed by atoms with van der Waals surface area (Å²) in [4.78, 5) is 21.9. The van der Waals surface area contributed by atoms with E-state index in [1.807, 2.05) is 42.2 Å². The molecule has 0 aliphatic carbocycles. The molecule has 0 unspecified atom stereocenters. The lowest BCUT2D eigenvalue weighted by Crippen LogP contribution is -2.24. The number of aryl methyl sites for hydroxylation is 1. The monoisotopic (exact) mass is 406 g/mol. The van der Waals surface area contributed by atoms with Gasteiger partial charge in [-0.2, -0.15) is 0 Å². The minimum atomic E-state index is 0.0934. The number of aromatic nitrogens is 2. The summed E-state index contributed by atoms with van der Waals surface area (Å²) in [5.41, 5.74) is 3.07. The number of amides is 1. The average molecular weight is 407 g/mol. The molecule has 0 spiro atoms. The number of anilines is 1. The lowest BCUT2D eigenvalue weighted by Gasteiger charge is -2.18. The fourth-order valence-electron chi connectivity index (χ4n) is 4.20. The second kappa shape index (κ2) is 8.88. The molecule has 158 valence electrons. The second-order valence-corrected chi connectivity index (χ2v) is 8.10. The van der Waals surface area contributed by atoms with Gasteiger partial charge in [-0.1, -0.05) is 12.1 Å². The standard InChI is InChI=1S/C24H30N4O2/c1-4-30-20-12-10-19(11-13-20)28-17-18(16-23(28)29)24-25-21-8-5-6-9-22(21)27(24)15-7-14-26(2)3/h5-6,8-13,18H,4,7,14-17H2,1-3H3/t18-/m0/s1. The van der Waals surface area contributed by atoms with E-state index in [4.69, 9.17) is 9.72 Å². The molecule has 1 fully saturated rings. The Morgan fingerprint density at radius 2 is 1.90 bits per heavy atom. The summed E-state index contributed by atoms with van der Waals surface area (Å²) in [7, 11) is 4.19. The number of benzene rings is 2. The van der Waals surface area contributed by atoms with Gasteiger partial charge in [-0.3, -0.25) is 4.79 Å². The summed E-state index contributed by atoms with van der Waals surface area (Å²) < 4.78 is 7.84. The number of nitrogens with zero attached hydrogens (tertiary/aromatic N) is 4. The van der Waals surface area contributed by atoms with Crippen LogP contribution in [0.3, 0.4) is 0 Å². The van der Waals surface area contributed by atoms with Gasteiger partial charge in [0.05, 0.1) is 17.6 Å². The van der Waals surface area contributed by atoms with Gasteiger partial charge < -0.3 is 19.1 Å². The maximum absolute atomic E-state index is 12.8. The van der Waals surface area contributed by atoms with Crippen molar-refractivity contribution in [1.82, 2.24) is 14.5 Å². The fourth-order valence-corrected chi connectivity index (χ4v) is 4.20. The van der Waals surface area contributed by atoms with E-state index in [9.17, 15) is 4.79 Å². The van der Waals surface area contributed by atoms with Crippen LogP contribution in [0.4, 0.5) is 5.69 Å². The number of carbonyl (C=O) groups is 1. The quantitative estimate of drug-likeness (QED) is 0.569. The van der Waals surface area contributed by atoms with E-state index < -0.39 is 0 Å². The van der Waals surface area contributed by atoms with Crippen molar-refractivity contribution in [2.75, 3.05) is 38.7 Å². The number of fused-ring (bicyclic) bond motifs is 1. The number of para-hydroxylation sites is 2. The van der Waals surface area contributed by atoms with Crippen molar-refractivity contribution in [2.45, 2.75) is 32.2 Å². The molecular weight excluding hydrogens is 376 g/mol. The van der Waals surface area contributed by atoms with Crippen LogP contribution in [0, 0.1) is 0 Å². The molecule has 0 radical (unpaired) electrons. The molecule has 1 amide bonds. The first-order valence-corrected chi connectivity index (χ1v) is 10.7. The van der Waals surface area contributed by atoms with Gasteiger partial charge in [-0.05, 0) is 70.4 Å². The summed E-state index contributed by atoms with van der Waals surface area (Å²) in [5, 5.41) is 0. The van der Waals surface area contributed by atoms with Crippen LogP contribution >= 0.6 is 0 Å². The SMILES string of the molecule is CCOc1ccc(N2C[C@@H](c3nc4ccccc4n3CCCN(C)C)CC2=O)cc1. The van der Waals surface area contributed by atoms with E-state index in [0.717, 1.165) is 47.8 Å². The molecule has 1 aromatic heterocycles. The van der Waals surface area contributed by atoms with Crippen molar-refractivity contribution in [3.63, 3.8) is 0 Å². The normalized spacial score (nSPS) is 16.7. The van der Waals surface area contributed by atoms with Crippen LogP contribution in [-0.4, -0.2) is 54.1 Å². The summed E-state index contributed by atoms with van der Waals surface area (Å²) in [5.74, 6) is 2.09. The van der Waals surface area contributed by atoms with Crippen molar-refractivity contribution >= 4 is 22.6 Å². The fraction of sp³-hybridized carbons (Fsp3) is 0.417. The molecule has 1 aliphatic heterocycles. The van der Waals surface area contributed by atoms with Gasteiger partial charge in [0, 0.05) is 31.1 Å². The van der Waals surface area contributed by atoms with Crippen molar-refractivity contribution in [2.24, 2.45) is 0 Å². The first-order valence-electron chi connectivity index (χ1n) is 10.7. The van der Waals surface area contributed by atoms with Gasteiger partial charge in [0.2, 0.25) is 5.91 Å². The van der Waals surface area contributed by atoms with Gasteiger partial charge in [0.1, 0.15) is 11.6 Å². The number of hydrogen-bond acceptors (Lipinski definition) is 4. The van der Waals surface area contributed by atoms with Gasteiger partial charge in [-0.25, -0.2) is 4.98 Å². The molecule has 3 aromatic rings. The number of rotatable bonds is 8. The number of hydrogen-bond donors (Lipinski definition) is 0. The van der Waals surface area contributed by atoms with Crippen LogP contribution in [0.5, 0.6) is 5.75 Å². The van der Waals surface area contributed by atoms with Gasteiger partial charge in [0.25, 0.3) is 0 Å². The zero-order chi connectivity index (χ0) is 21.1. The third-order valence-electron chi connectivity index (χ3n) is 5.62. The van der Waals surface area contributed by atoms with Crippen LogP contribution in [0.2, 0.25) is 0 Å². The molecule has 0 saturated carbocycles. The zero-order valence-electron chi connectivity index (χ0n) is 18.0. The molecule has 4 rings (SSSR count). The lowest BCUT2D eigenvalue weighted by atomic mass is 10.1. The first-order chi connectivity index (χ1) is 14.6. The Labute approximate surface area is 178 Å². The molecule has 1 saturated heterocycles. The predicted molar refractivity (Wildman–Crippen MR) is 120 cm³/mol. The molecule has 0 bridgehead atoms. The highest BCUT2D eigenvalue weighted by Gasteiger charge is 2.34.